The third kappa shape index (κ3) is 5.88. The molecule has 166 valence electrons. The minimum Gasteiger partial charge on any atom is -0.466 e. The Bertz CT molecular complexity index is 1140. The number of ketones is 1. The van der Waals surface area contributed by atoms with Gasteiger partial charge in [0, 0.05) is 28.5 Å². The molecule has 2 aromatic heterocycles. The maximum Gasteiger partial charge on any atom is 0.310 e. The van der Waals surface area contributed by atoms with Crippen LogP contribution in [0.1, 0.15) is 40.2 Å². The van der Waals surface area contributed by atoms with Crippen molar-refractivity contribution in [1.29, 1.82) is 0 Å². The average molecular weight is 487 g/mol. The number of halogens is 1. The third-order valence-corrected chi connectivity index (χ3v) is 7.55. The highest BCUT2D eigenvalue weighted by Gasteiger charge is 2.31. The number of pyridine rings is 1. The summed E-state index contributed by atoms with van der Waals surface area (Å²) < 4.78 is 8.15. The molecule has 3 rings (SSSR count). The first kappa shape index (κ1) is 24.2. The number of aromatic nitrogens is 1. The largest absolute Gasteiger partial charge is 0.466 e. The number of ether oxygens (including phenoxy) is 1. The Morgan fingerprint density at radius 1 is 1.16 bits per heavy atom. The van der Waals surface area contributed by atoms with E-state index in [4.69, 9.17) is 16.3 Å². The molecule has 2 heterocycles. The van der Waals surface area contributed by atoms with Gasteiger partial charge in [-0.05, 0) is 50.6 Å². The molecule has 0 amide bonds. The summed E-state index contributed by atoms with van der Waals surface area (Å²) in [6, 6.07) is 10.8. The number of thiophene rings is 1. The first-order chi connectivity index (χ1) is 15.3. The molecule has 4 nitrogen and oxygen atoms in total. The number of rotatable bonds is 9. The summed E-state index contributed by atoms with van der Waals surface area (Å²) in [4.78, 5) is 26.5. The van der Waals surface area contributed by atoms with Gasteiger partial charge in [0.1, 0.15) is 4.21 Å². The van der Waals surface area contributed by atoms with E-state index in [1.807, 2.05) is 42.9 Å². The monoisotopic (exact) mass is 486 g/mol. The smallest absolute Gasteiger partial charge is 0.310 e. The van der Waals surface area contributed by atoms with Crippen molar-refractivity contribution in [3.63, 3.8) is 0 Å². The molecule has 0 spiro atoms. The van der Waals surface area contributed by atoms with Gasteiger partial charge >= 0.3 is 5.97 Å². The van der Waals surface area contributed by atoms with Gasteiger partial charge in [0.2, 0.25) is 11.5 Å². The minimum absolute atomic E-state index is 0.0167. The van der Waals surface area contributed by atoms with Gasteiger partial charge in [0.15, 0.2) is 12.4 Å². The van der Waals surface area contributed by atoms with Crippen LogP contribution in [0.3, 0.4) is 0 Å². The zero-order valence-corrected chi connectivity index (χ0v) is 20.7. The van der Waals surface area contributed by atoms with Crippen molar-refractivity contribution in [2.75, 3.05) is 12.4 Å². The summed E-state index contributed by atoms with van der Waals surface area (Å²) in [5, 5.41) is 0.563. The van der Waals surface area contributed by atoms with Crippen molar-refractivity contribution >= 4 is 46.5 Å². The molecule has 0 saturated carbocycles. The summed E-state index contributed by atoms with van der Waals surface area (Å²) in [5.41, 5.74) is 4.19. The number of hydrogen-bond acceptors (Lipinski definition) is 5. The molecule has 0 fully saturated rings. The predicted octanol–water partition coefficient (Wildman–Crippen LogP) is 5.99. The lowest BCUT2D eigenvalue weighted by molar-refractivity contribution is -0.598. The van der Waals surface area contributed by atoms with Crippen molar-refractivity contribution in [3.05, 3.63) is 87.5 Å². The first-order valence-electron chi connectivity index (χ1n) is 10.2. The molecule has 32 heavy (non-hydrogen) atoms. The summed E-state index contributed by atoms with van der Waals surface area (Å²) in [5.74, 6) is 0.218. The van der Waals surface area contributed by atoms with Crippen LogP contribution in [0.4, 0.5) is 0 Å². The second kappa shape index (κ2) is 10.9. The fraction of sp³-hybridized carbons (Fsp3) is 0.240. The number of hydrogen-bond donors (Lipinski definition) is 0. The van der Waals surface area contributed by atoms with E-state index in [1.165, 1.54) is 11.3 Å². The van der Waals surface area contributed by atoms with Gasteiger partial charge in [-0.1, -0.05) is 23.8 Å². The van der Waals surface area contributed by atoms with Crippen LogP contribution in [0.25, 0.3) is 5.69 Å². The van der Waals surface area contributed by atoms with E-state index in [-0.39, 0.29) is 24.8 Å². The maximum absolute atomic E-state index is 13.5. The average Bonchev–Trinajstić information content (AvgIpc) is 3.11. The van der Waals surface area contributed by atoms with E-state index in [0.717, 1.165) is 21.0 Å². The van der Waals surface area contributed by atoms with Crippen molar-refractivity contribution in [3.8, 4) is 5.69 Å². The molecule has 0 unspecified atom stereocenters. The van der Waals surface area contributed by atoms with E-state index in [0.29, 0.717) is 26.8 Å². The van der Waals surface area contributed by atoms with Crippen molar-refractivity contribution in [2.45, 2.75) is 31.4 Å². The van der Waals surface area contributed by atoms with Gasteiger partial charge in [-0.25, -0.2) is 0 Å². The maximum atomic E-state index is 13.5. The van der Waals surface area contributed by atoms with Crippen LogP contribution in [-0.2, 0) is 16.0 Å². The zero-order valence-electron chi connectivity index (χ0n) is 18.3. The molecular formula is C25H25ClNO3S2+. The number of carbonyl (C=O) groups excluding carboxylic acids is 2. The fourth-order valence-corrected chi connectivity index (χ4v) is 5.61. The quantitative estimate of drug-likeness (QED) is 0.122. The highest BCUT2D eigenvalue weighted by Crippen LogP contribution is 2.39. The molecule has 7 heteroatoms. The Balaban J connectivity index is 2.19. The minimum atomic E-state index is -0.360. The topological polar surface area (TPSA) is 47.3 Å². The van der Waals surface area contributed by atoms with E-state index in [9.17, 15) is 9.59 Å². The van der Waals surface area contributed by atoms with Crippen LogP contribution >= 0.6 is 34.7 Å². The fourth-order valence-electron chi connectivity index (χ4n) is 3.07. The lowest BCUT2D eigenvalue weighted by Crippen LogP contribution is -2.31. The Hall–Kier alpha value is -2.41. The van der Waals surface area contributed by atoms with Crippen LogP contribution in [0.5, 0.6) is 0 Å². The van der Waals surface area contributed by atoms with Gasteiger partial charge in [-0.2, -0.15) is 4.57 Å². The first-order valence-corrected chi connectivity index (χ1v) is 12.3. The van der Waals surface area contributed by atoms with Crippen molar-refractivity contribution in [2.24, 2.45) is 0 Å². The van der Waals surface area contributed by atoms with Gasteiger partial charge in [0.05, 0.1) is 23.5 Å². The number of aryl methyl sites for hydroxylation is 1. The van der Waals surface area contributed by atoms with Crippen molar-refractivity contribution < 1.29 is 18.9 Å². The predicted molar refractivity (Wildman–Crippen MR) is 131 cm³/mol. The standard InChI is InChI=1S/C25H25ClNO3S2/c1-5-30-21(28)14-20-22(27-12-10-17(4)11-13-27)25(31-15-16(2)3)32-24(20)23(29)18-6-8-19(26)9-7-18/h6-13H,2,5,14-15H2,1,3-4H3/q+1. The van der Waals surface area contributed by atoms with Crippen LogP contribution in [0.2, 0.25) is 5.02 Å². The van der Waals surface area contributed by atoms with E-state index < -0.39 is 0 Å². The number of thioether (sulfide) groups is 1. The van der Waals surface area contributed by atoms with Crippen LogP contribution in [-0.4, -0.2) is 24.1 Å². The molecule has 0 aliphatic heterocycles. The Morgan fingerprint density at radius 2 is 1.81 bits per heavy atom. The summed E-state index contributed by atoms with van der Waals surface area (Å²) in [6.45, 7) is 10.0. The zero-order chi connectivity index (χ0) is 23.3. The second-order valence-electron chi connectivity index (χ2n) is 7.39. The number of carbonyl (C=O) groups is 2. The SMILES string of the molecule is C=C(C)CSc1sc(C(=O)c2ccc(Cl)cc2)c(CC(=O)OCC)c1-[n+]1ccc(C)cc1. The van der Waals surface area contributed by atoms with E-state index in [1.54, 1.807) is 43.0 Å². The van der Waals surface area contributed by atoms with Gasteiger partial charge in [-0.15, -0.1) is 23.1 Å². The molecule has 0 saturated heterocycles. The van der Waals surface area contributed by atoms with Crippen LogP contribution in [0.15, 0.2) is 65.2 Å². The lowest BCUT2D eigenvalue weighted by Gasteiger charge is -2.06. The Labute approximate surface area is 201 Å². The number of benzene rings is 1. The Kier molecular flexibility index (Phi) is 8.29. The Morgan fingerprint density at radius 3 is 2.41 bits per heavy atom. The van der Waals surface area contributed by atoms with Crippen LogP contribution < -0.4 is 4.57 Å². The molecule has 0 atom stereocenters. The lowest BCUT2D eigenvalue weighted by atomic mass is 10.0. The third-order valence-electron chi connectivity index (χ3n) is 4.59. The molecule has 0 N–H and O–H groups in total. The van der Waals surface area contributed by atoms with Gasteiger partial charge in [0.25, 0.3) is 0 Å². The molecule has 3 aromatic rings. The molecule has 0 bridgehead atoms. The second-order valence-corrected chi connectivity index (χ2v) is 10.1. The normalized spacial score (nSPS) is 10.8. The molecular weight excluding hydrogens is 462 g/mol. The molecule has 0 aliphatic carbocycles. The number of esters is 1. The van der Waals surface area contributed by atoms with E-state index in [2.05, 4.69) is 6.58 Å². The summed E-state index contributed by atoms with van der Waals surface area (Å²) >= 11 is 9.03. The van der Waals surface area contributed by atoms with Gasteiger partial charge < -0.3 is 4.74 Å². The highest BCUT2D eigenvalue weighted by molar-refractivity contribution is 8.01. The molecule has 1 aromatic carbocycles. The highest BCUT2D eigenvalue weighted by atomic mass is 35.5. The van der Waals surface area contributed by atoms with Crippen molar-refractivity contribution in [1.82, 2.24) is 0 Å². The number of nitrogens with zero attached hydrogens (tertiary/aromatic N) is 1. The molecule has 0 radical (unpaired) electrons. The van der Waals surface area contributed by atoms with Crippen LogP contribution in [0, 0.1) is 6.92 Å². The van der Waals surface area contributed by atoms with E-state index >= 15 is 0 Å². The molecule has 0 aliphatic rings. The summed E-state index contributed by atoms with van der Waals surface area (Å²) in [7, 11) is 0. The summed E-state index contributed by atoms with van der Waals surface area (Å²) in [6.07, 6.45) is 3.92. The van der Waals surface area contributed by atoms with Gasteiger partial charge in [-0.3, -0.25) is 9.59 Å².